The molecule has 0 aliphatic rings. The lowest BCUT2D eigenvalue weighted by molar-refractivity contribution is -0.163. The summed E-state index contributed by atoms with van der Waals surface area (Å²) in [7, 11) is 0. The second-order valence-electron chi connectivity index (χ2n) is 7.14. The normalized spacial score (nSPS) is 16.8. The summed E-state index contributed by atoms with van der Waals surface area (Å²) in [5.41, 5.74) is 1.39. The first-order valence-corrected chi connectivity index (χ1v) is 9.37. The second-order valence-corrected chi connectivity index (χ2v) is 7.14. The first-order chi connectivity index (χ1) is 10.4. The monoisotopic (exact) mass is 312 g/mol. The van der Waals surface area contributed by atoms with Gasteiger partial charge in [-0.25, -0.2) is 0 Å². The Morgan fingerprint density at radius 3 is 1.77 bits per heavy atom. The number of rotatable bonds is 13. The second kappa shape index (κ2) is 13.1. The third kappa shape index (κ3) is 12.2. The maximum absolute atomic E-state index is 6.11. The summed E-state index contributed by atoms with van der Waals surface area (Å²) in [5.74, 6) is 0.783. The van der Waals surface area contributed by atoms with Crippen molar-refractivity contribution >= 4 is 0 Å². The molecule has 2 atom stereocenters. The van der Waals surface area contributed by atoms with Crippen LogP contribution in [0.3, 0.4) is 0 Å². The molecule has 0 amide bonds. The number of hydrogen-bond acceptors (Lipinski definition) is 2. The fourth-order valence-corrected chi connectivity index (χ4v) is 2.62. The molecule has 0 saturated heterocycles. The summed E-state index contributed by atoms with van der Waals surface area (Å²) in [5, 5.41) is 0. The highest BCUT2D eigenvalue weighted by atomic mass is 16.7. The predicted molar refractivity (Wildman–Crippen MR) is 97.1 cm³/mol. The highest BCUT2D eigenvalue weighted by Crippen LogP contribution is 2.17. The number of allylic oxidation sites excluding steroid dienone is 1. The van der Waals surface area contributed by atoms with E-state index in [9.17, 15) is 0 Å². The Kier molecular flexibility index (Phi) is 12.9. The third-order valence-corrected chi connectivity index (χ3v) is 3.90. The van der Waals surface area contributed by atoms with Gasteiger partial charge in [-0.05, 0) is 58.4 Å². The molecule has 0 aliphatic heterocycles. The zero-order valence-electron chi connectivity index (χ0n) is 16.2. The molecule has 22 heavy (non-hydrogen) atoms. The standard InChI is InChI=1S/C20H40O2/c1-8-11-18(6)21-20(22-19(7)12-9-2)15-17(5)14-10-13-16(3)4/h15-16,18-20H,8-14H2,1-7H3/b17-15+. The van der Waals surface area contributed by atoms with E-state index in [1.54, 1.807) is 0 Å². The molecule has 0 bridgehead atoms. The summed E-state index contributed by atoms with van der Waals surface area (Å²) in [4.78, 5) is 0. The van der Waals surface area contributed by atoms with Crippen molar-refractivity contribution in [2.24, 2.45) is 5.92 Å². The van der Waals surface area contributed by atoms with Gasteiger partial charge in [-0.15, -0.1) is 0 Å². The number of hydrogen-bond donors (Lipinski definition) is 0. The maximum atomic E-state index is 6.11. The quantitative estimate of drug-likeness (QED) is 0.285. The molecule has 0 saturated carbocycles. The van der Waals surface area contributed by atoms with Crippen molar-refractivity contribution in [2.45, 2.75) is 112 Å². The zero-order valence-corrected chi connectivity index (χ0v) is 16.2. The Morgan fingerprint density at radius 1 is 0.864 bits per heavy atom. The van der Waals surface area contributed by atoms with Crippen molar-refractivity contribution in [1.82, 2.24) is 0 Å². The van der Waals surface area contributed by atoms with Crippen molar-refractivity contribution in [3.8, 4) is 0 Å². The van der Waals surface area contributed by atoms with Gasteiger partial charge < -0.3 is 9.47 Å². The summed E-state index contributed by atoms with van der Waals surface area (Å²) in [6, 6.07) is 0. The lowest BCUT2D eigenvalue weighted by Gasteiger charge is -2.24. The lowest BCUT2D eigenvalue weighted by Crippen LogP contribution is -2.25. The van der Waals surface area contributed by atoms with Crippen molar-refractivity contribution in [3.05, 3.63) is 11.6 Å². The van der Waals surface area contributed by atoms with Crippen LogP contribution in [0.4, 0.5) is 0 Å². The van der Waals surface area contributed by atoms with Crippen LogP contribution in [0.5, 0.6) is 0 Å². The molecule has 0 aromatic rings. The van der Waals surface area contributed by atoms with Gasteiger partial charge in [0.1, 0.15) is 0 Å². The molecule has 0 spiro atoms. The Labute approximate surface area is 139 Å². The SMILES string of the molecule is CCCC(C)OC(/C=C(\C)CCCC(C)C)OC(C)CCC. The molecule has 2 unspecified atom stereocenters. The van der Waals surface area contributed by atoms with Crippen LogP contribution in [0.25, 0.3) is 0 Å². The van der Waals surface area contributed by atoms with E-state index >= 15 is 0 Å². The molecule has 132 valence electrons. The van der Waals surface area contributed by atoms with Crippen molar-refractivity contribution < 1.29 is 9.47 Å². The highest BCUT2D eigenvalue weighted by molar-refractivity contribution is 5.00. The van der Waals surface area contributed by atoms with Gasteiger partial charge >= 0.3 is 0 Å². The summed E-state index contributed by atoms with van der Waals surface area (Å²) in [6.07, 6.45) is 10.7. The Hall–Kier alpha value is -0.340. The predicted octanol–water partition coefficient (Wildman–Crippen LogP) is 6.50. The lowest BCUT2D eigenvalue weighted by atomic mass is 10.0. The van der Waals surface area contributed by atoms with Crippen LogP contribution in [0.1, 0.15) is 93.4 Å². The Bertz CT molecular complexity index is 269. The average molecular weight is 313 g/mol. The molecular weight excluding hydrogens is 272 g/mol. The molecule has 0 fully saturated rings. The van der Waals surface area contributed by atoms with E-state index in [0.29, 0.717) is 0 Å². The fourth-order valence-electron chi connectivity index (χ4n) is 2.62. The molecule has 0 radical (unpaired) electrons. The van der Waals surface area contributed by atoms with Crippen molar-refractivity contribution in [3.63, 3.8) is 0 Å². The van der Waals surface area contributed by atoms with Gasteiger partial charge in [0.25, 0.3) is 0 Å². The van der Waals surface area contributed by atoms with E-state index < -0.39 is 0 Å². The van der Waals surface area contributed by atoms with E-state index in [2.05, 4.69) is 54.5 Å². The number of ether oxygens (including phenoxy) is 2. The molecule has 0 heterocycles. The van der Waals surface area contributed by atoms with Crippen molar-refractivity contribution in [1.29, 1.82) is 0 Å². The van der Waals surface area contributed by atoms with Crippen LogP contribution in [0.15, 0.2) is 11.6 Å². The minimum absolute atomic E-state index is 0.192. The van der Waals surface area contributed by atoms with Gasteiger partial charge in [-0.1, -0.05) is 52.5 Å². The van der Waals surface area contributed by atoms with E-state index in [-0.39, 0.29) is 18.5 Å². The van der Waals surface area contributed by atoms with Crippen LogP contribution < -0.4 is 0 Å². The highest BCUT2D eigenvalue weighted by Gasteiger charge is 2.15. The van der Waals surface area contributed by atoms with Gasteiger partial charge in [0.05, 0.1) is 12.2 Å². The molecule has 2 nitrogen and oxygen atoms in total. The molecule has 2 heteroatoms. The molecule has 0 aliphatic carbocycles. The molecular formula is C20H40O2. The van der Waals surface area contributed by atoms with E-state index in [1.165, 1.54) is 18.4 Å². The Morgan fingerprint density at radius 2 is 1.36 bits per heavy atom. The molecule has 0 aromatic carbocycles. The van der Waals surface area contributed by atoms with Gasteiger partial charge in [0.15, 0.2) is 6.29 Å². The third-order valence-electron chi connectivity index (χ3n) is 3.90. The fraction of sp³-hybridized carbons (Fsp3) is 0.900. The maximum Gasteiger partial charge on any atom is 0.177 e. The summed E-state index contributed by atoms with van der Waals surface area (Å²) in [6.45, 7) is 15.5. The molecule has 0 N–H and O–H groups in total. The van der Waals surface area contributed by atoms with Gasteiger partial charge in [0, 0.05) is 0 Å². The Balaban J connectivity index is 4.53. The van der Waals surface area contributed by atoms with Gasteiger partial charge in [-0.3, -0.25) is 0 Å². The minimum Gasteiger partial charge on any atom is -0.346 e. The van der Waals surface area contributed by atoms with Crippen molar-refractivity contribution in [2.75, 3.05) is 0 Å². The van der Waals surface area contributed by atoms with E-state index in [1.807, 2.05) is 0 Å². The van der Waals surface area contributed by atoms with E-state index in [4.69, 9.17) is 9.47 Å². The first-order valence-electron chi connectivity index (χ1n) is 9.37. The van der Waals surface area contributed by atoms with Gasteiger partial charge in [0.2, 0.25) is 0 Å². The topological polar surface area (TPSA) is 18.5 Å². The van der Waals surface area contributed by atoms with Crippen LogP contribution in [-0.2, 0) is 9.47 Å². The van der Waals surface area contributed by atoms with Crippen LogP contribution >= 0.6 is 0 Å². The molecule has 0 aromatic heterocycles. The largest absolute Gasteiger partial charge is 0.346 e. The molecule has 0 rings (SSSR count). The summed E-state index contributed by atoms with van der Waals surface area (Å²) >= 11 is 0. The minimum atomic E-state index is -0.192. The van der Waals surface area contributed by atoms with Crippen LogP contribution in [-0.4, -0.2) is 18.5 Å². The average Bonchev–Trinajstić information content (AvgIpc) is 2.38. The van der Waals surface area contributed by atoms with E-state index in [0.717, 1.165) is 38.0 Å². The van der Waals surface area contributed by atoms with Crippen LogP contribution in [0, 0.1) is 5.92 Å². The van der Waals surface area contributed by atoms with Gasteiger partial charge in [-0.2, -0.15) is 0 Å². The first kappa shape index (κ1) is 21.7. The summed E-state index contributed by atoms with van der Waals surface area (Å²) < 4.78 is 12.2. The smallest absolute Gasteiger partial charge is 0.177 e. The van der Waals surface area contributed by atoms with Crippen LogP contribution in [0.2, 0.25) is 0 Å². The zero-order chi connectivity index (χ0) is 17.0.